The van der Waals surface area contributed by atoms with Gasteiger partial charge in [-0.25, -0.2) is 4.39 Å². The van der Waals surface area contributed by atoms with E-state index in [1.807, 2.05) is 24.3 Å². The van der Waals surface area contributed by atoms with Gasteiger partial charge in [0.25, 0.3) is 0 Å². The lowest BCUT2D eigenvalue weighted by Gasteiger charge is -2.17. The van der Waals surface area contributed by atoms with Crippen LogP contribution in [0.4, 0.5) is 10.1 Å². The van der Waals surface area contributed by atoms with Gasteiger partial charge in [0.2, 0.25) is 5.91 Å². The monoisotopic (exact) mass is 354 g/mol. The first-order chi connectivity index (χ1) is 11.9. The third kappa shape index (κ3) is 3.86. The van der Waals surface area contributed by atoms with E-state index in [1.165, 1.54) is 25.2 Å². The Morgan fingerprint density at radius 1 is 1.16 bits per heavy atom. The predicted molar refractivity (Wildman–Crippen MR) is 100.0 cm³/mol. The molecular formula is C20H16ClFN2O. The number of hydrogen-bond acceptors (Lipinski definition) is 2. The van der Waals surface area contributed by atoms with Gasteiger partial charge in [-0.2, -0.15) is 0 Å². The molecule has 25 heavy (non-hydrogen) atoms. The largest absolute Gasteiger partial charge is 0.326 e. The molecule has 0 heterocycles. The van der Waals surface area contributed by atoms with Crippen LogP contribution in [0.5, 0.6) is 0 Å². The summed E-state index contributed by atoms with van der Waals surface area (Å²) in [5.74, 6) is -0.899. The van der Waals surface area contributed by atoms with Crippen molar-refractivity contribution < 1.29 is 9.18 Å². The summed E-state index contributed by atoms with van der Waals surface area (Å²) in [4.78, 5) is 11.4. The zero-order chi connectivity index (χ0) is 18.0. The lowest BCUT2D eigenvalue weighted by Crippen LogP contribution is -2.10. The summed E-state index contributed by atoms with van der Waals surface area (Å²) in [6.45, 7) is 1.45. The fourth-order valence-corrected chi connectivity index (χ4v) is 2.95. The number of halogens is 2. The van der Waals surface area contributed by atoms with Gasteiger partial charge in [-0.3, -0.25) is 4.79 Å². The molecule has 3 rings (SSSR count). The Hall–Kier alpha value is -2.72. The Labute approximate surface area is 150 Å². The van der Waals surface area contributed by atoms with Crippen molar-refractivity contribution in [3.05, 3.63) is 77.1 Å². The molecule has 0 aromatic heterocycles. The molecule has 2 aromatic rings. The standard InChI is InChI=1S/C20H16ClFN2O/c1-12(25)24-20-9-6-15(21)10-18(20)14-4-2-13(3-5-14)17-11-16(22)7-8-19(17)23/h2-11,17,23H,1H3,(H,24,25). The molecule has 0 fully saturated rings. The summed E-state index contributed by atoms with van der Waals surface area (Å²) >= 11 is 6.09. The SMILES string of the molecule is CC(=O)Nc1ccc(Cl)cc1-c1ccc(C2C=C(F)C=CC2=N)cc1. The Balaban J connectivity index is 1.96. The minimum atomic E-state index is -0.395. The van der Waals surface area contributed by atoms with Gasteiger partial charge < -0.3 is 10.7 Å². The average Bonchev–Trinajstić information content (AvgIpc) is 2.58. The highest BCUT2D eigenvalue weighted by molar-refractivity contribution is 6.31. The average molecular weight is 355 g/mol. The number of benzene rings is 2. The van der Waals surface area contributed by atoms with Crippen molar-refractivity contribution in [2.75, 3.05) is 5.32 Å². The zero-order valence-corrected chi connectivity index (χ0v) is 14.3. The Kier molecular flexibility index (Phi) is 4.81. The molecule has 1 atom stereocenters. The minimum Gasteiger partial charge on any atom is -0.326 e. The first kappa shape index (κ1) is 17.1. The topological polar surface area (TPSA) is 53.0 Å². The second-order valence-electron chi connectivity index (χ2n) is 5.81. The summed E-state index contributed by atoms with van der Waals surface area (Å²) in [6.07, 6.45) is 4.19. The highest BCUT2D eigenvalue weighted by Gasteiger charge is 2.17. The number of allylic oxidation sites excluding steroid dienone is 4. The van der Waals surface area contributed by atoms with Crippen molar-refractivity contribution in [2.24, 2.45) is 0 Å². The van der Waals surface area contributed by atoms with Gasteiger partial charge in [-0.1, -0.05) is 35.9 Å². The molecule has 2 aromatic carbocycles. The summed E-state index contributed by atoms with van der Waals surface area (Å²) in [7, 11) is 0. The van der Waals surface area contributed by atoms with Gasteiger partial charge in [0.05, 0.1) is 0 Å². The molecule has 126 valence electrons. The number of amides is 1. The smallest absolute Gasteiger partial charge is 0.221 e. The maximum Gasteiger partial charge on any atom is 0.221 e. The summed E-state index contributed by atoms with van der Waals surface area (Å²) in [5.41, 5.74) is 3.52. The molecule has 1 aliphatic rings. The first-order valence-corrected chi connectivity index (χ1v) is 8.13. The van der Waals surface area contributed by atoms with Crippen molar-refractivity contribution in [1.82, 2.24) is 0 Å². The fourth-order valence-electron chi connectivity index (χ4n) is 2.78. The van der Waals surface area contributed by atoms with Gasteiger partial charge in [0.15, 0.2) is 0 Å². The minimum absolute atomic E-state index is 0.164. The fraction of sp³-hybridized carbons (Fsp3) is 0.100. The molecule has 0 saturated heterocycles. The Bertz CT molecular complexity index is 900. The lowest BCUT2D eigenvalue weighted by atomic mass is 9.89. The van der Waals surface area contributed by atoms with E-state index in [9.17, 15) is 9.18 Å². The molecule has 3 nitrogen and oxygen atoms in total. The van der Waals surface area contributed by atoms with E-state index in [1.54, 1.807) is 18.2 Å². The molecule has 1 amide bonds. The van der Waals surface area contributed by atoms with Gasteiger partial charge in [-0.15, -0.1) is 0 Å². The molecule has 0 aliphatic heterocycles. The molecule has 0 saturated carbocycles. The van der Waals surface area contributed by atoms with Crippen LogP contribution in [0, 0.1) is 5.41 Å². The van der Waals surface area contributed by atoms with Crippen LogP contribution < -0.4 is 5.32 Å². The van der Waals surface area contributed by atoms with E-state index in [0.29, 0.717) is 16.4 Å². The van der Waals surface area contributed by atoms with E-state index in [2.05, 4.69) is 5.32 Å². The van der Waals surface area contributed by atoms with Crippen LogP contribution in [0.2, 0.25) is 5.02 Å². The number of rotatable bonds is 3. The number of anilines is 1. The van der Waals surface area contributed by atoms with Crippen molar-refractivity contribution in [1.29, 1.82) is 5.41 Å². The van der Waals surface area contributed by atoms with E-state index < -0.39 is 5.92 Å². The molecule has 5 heteroatoms. The van der Waals surface area contributed by atoms with E-state index in [0.717, 1.165) is 16.7 Å². The van der Waals surface area contributed by atoms with E-state index in [4.69, 9.17) is 17.0 Å². The summed E-state index contributed by atoms with van der Waals surface area (Å²) in [5, 5.41) is 11.3. The molecule has 1 aliphatic carbocycles. The van der Waals surface area contributed by atoms with Gasteiger partial charge >= 0.3 is 0 Å². The Morgan fingerprint density at radius 3 is 2.56 bits per heavy atom. The normalized spacial score (nSPS) is 16.5. The summed E-state index contributed by atoms with van der Waals surface area (Å²) in [6, 6.07) is 12.7. The quantitative estimate of drug-likeness (QED) is 0.752. The number of hydrogen-bond donors (Lipinski definition) is 2. The van der Waals surface area contributed by atoms with Crippen molar-refractivity contribution in [3.63, 3.8) is 0 Å². The van der Waals surface area contributed by atoms with Crippen molar-refractivity contribution >= 4 is 28.9 Å². The van der Waals surface area contributed by atoms with Crippen LogP contribution in [0.1, 0.15) is 18.4 Å². The van der Waals surface area contributed by atoms with Crippen LogP contribution in [0.15, 0.2) is 66.5 Å². The van der Waals surface area contributed by atoms with Crippen LogP contribution in [-0.2, 0) is 4.79 Å². The lowest BCUT2D eigenvalue weighted by molar-refractivity contribution is -0.114. The van der Waals surface area contributed by atoms with Gasteiger partial charge in [0, 0.05) is 34.8 Å². The molecule has 0 spiro atoms. The molecular weight excluding hydrogens is 339 g/mol. The molecule has 0 radical (unpaired) electrons. The molecule has 2 N–H and O–H groups in total. The van der Waals surface area contributed by atoms with Crippen molar-refractivity contribution in [3.8, 4) is 11.1 Å². The van der Waals surface area contributed by atoms with Crippen molar-refractivity contribution in [2.45, 2.75) is 12.8 Å². The van der Waals surface area contributed by atoms with Gasteiger partial charge in [-0.05, 0) is 47.6 Å². The molecule has 0 bridgehead atoms. The predicted octanol–water partition coefficient (Wildman–Crippen LogP) is 5.49. The highest BCUT2D eigenvalue weighted by Crippen LogP contribution is 2.33. The van der Waals surface area contributed by atoms with E-state index in [-0.39, 0.29) is 11.7 Å². The maximum atomic E-state index is 13.5. The summed E-state index contributed by atoms with van der Waals surface area (Å²) < 4.78 is 13.5. The van der Waals surface area contributed by atoms with Gasteiger partial charge in [0.1, 0.15) is 5.83 Å². The zero-order valence-electron chi connectivity index (χ0n) is 13.5. The van der Waals surface area contributed by atoms with Crippen LogP contribution in [0.3, 0.4) is 0 Å². The second-order valence-corrected chi connectivity index (χ2v) is 6.25. The molecule has 1 unspecified atom stereocenters. The highest BCUT2D eigenvalue weighted by atomic mass is 35.5. The van der Waals surface area contributed by atoms with Crippen LogP contribution in [0.25, 0.3) is 11.1 Å². The third-order valence-corrected chi connectivity index (χ3v) is 4.19. The van der Waals surface area contributed by atoms with E-state index >= 15 is 0 Å². The number of nitrogens with one attached hydrogen (secondary N) is 2. The number of carbonyl (C=O) groups excluding carboxylic acids is 1. The second kappa shape index (κ2) is 7.03. The Morgan fingerprint density at radius 2 is 1.88 bits per heavy atom. The first-order valence-electron chi connectivity index (χ1n) is 7.75. The van der Waals surface area contributed by atoms with Crippen LogP contribution in [-0.4, -0.2) is 11.6 Å². The third-order valence-electron chi connectivity index (χ3n) is 3.96. The maximum absolute atomic E-state index is 13.5. The van der Waals surface area contributed by atoms with Crippen LogP contribution >= 0.6 is 11.6 Å². The number of carbonyl (C=O) groups is 1.